The molecule has 1 amide bonds. The Morgan fingerprint density at radius 3 is 2.50 bits per heavy atom. The Hall–Kier alpha value is -1.55. The Kier molecular flexibility index (Phi) is 6.52. The van der Waals surface area contributed by atoms with Crippen molar-refractivity contribution in [1.29, 1.82) is 0 Å². The first-order valence-corrected chi connectivity index (χ1v) is 7.13. The molecule has 1 aromatic rings. The highest BCUT2D eigenvalue weighted by Gasteiger charge is 2.17. The molecule has 0 saturated carbocycles. The maximum Gasteiger partial charge on any atom is 0.260 e. The number of nitrogens with one attached hydrogen (secondary N) is 1. The van der Waals surface area contributed by atoms with Crippen LogP contribution < -0.4 is 10.1 Å². The van der Waals surface area contributed by atoms with E-state index in [9.17, 15) is 9.90 Å². The summed E-state index contributed by atoms with van der Waals surface area (Å²) in [4.78, 5) is 11.9. The lowest BCUT2D eigenvalue weighted by Crippen LogP contribution is -2.37. The smallest absolute Gasteiger partial charge is 0.260 e. The summed E-state index contributed by atoms with van der Waals surface area (Å²) < 4.78 is 5.65. The third-order valence-corrected chi connectivity index (χ3v) is 3.06. The molecular formula is C16H25NO3. The summed E-state index contributed by atoms with van der Waals surface area (Å²) in [7, 11) is 0. The van der Waals surface area contributed by atoms with Crippen LogP contribution in [0.4, 0.5) is 0 Å². The van der Waals surface area contributed by atoms with Crippen molar-refractivity contribution in [2.24, 2.45) is 5.92 Å². The minimum atomic E-state index is -0.623. The van der Waals surface area contributed by atoms with E-state index >= 15 is 0 Å². The standard InChI is InChI=1S/C16H25NO3/c1-11(2)9-10-17-16(19)13(4)20-15-8-6-5-7-14(15)12(3)18/h5-8,11-13,18H,9-10H2,1-4H3,(H,17,19)/t12-,13?/m0/s1. The summed E-state index contributed by atoms with van der Waals surface area (Å²) in [6, 6.07) is 7.22. The van der Waals surface area contributed by atoms with Crippen LogP contribution in [0.25, 0.3) is 0 Å². The summed E-state index contributed by atoms with van der Waals surface area (Å²) in [5.41, 5.74) is 0.689. The van der Waals surface area contributed by atoms with Gasteiger partial charge in [0.25, 0.3) is 5.91 Å². The quantitative estimate of drug-likeness (QED) is 0.806. The SMILES string of the molecule is CC(C)CCNC(=O)C(C)Oc1ccccc1[C@H](C)O. The highest BCUT2D eigenvalue weighted by molar-refractivity contribution is 5.80. The van der Waals surface area contributed by atoms with Gasteiger partial charge in [-0.2, -0.15) is 0 Å². The Morgan fingerprint density at radius 2 is 1.90 bits per heavy atom. The van der Waals surface area contributed by atoms with Gasteiger partial charge in [0.1, 0.15) is 5.75 Å². The van der Waals surface area contributed by atoms with E-state index in [2.05, 4.69) is 19.2 Å². The molecule has 1 unspecified atom stereocenters. The van der Waals surface area contributed by atoms with E-state index in [-0.39, 0.29) is 5.91 Å². The molecule has 0 fully saturated rings. The summed E-state index contributed by atoms with van der Waals surface area (Å²) in [6.45, 7) is 8.28. The summed E-state index contributed by atoms with van der Waals surface area (Å²) in [6.07, 6.45) is -0.257. The molecule has 0 radical (unpaired) electrons. The molecule has 2 N–H and O–H groups in total. The lowest BCUT2D eigenvalue weighted by atomic mass is 10.1. The average Bonchev–Trinajstić information content (AvgIpc) is 2.38. The molecule has 4 heteroatoms. The molecule has 1 aromatic carbocycles. The van der Waals surface area contributed by atoms with Crippen molar-refractivity contribution in [3.63, 3.8) is 0 Å². The van der Waals surface area contributed by atoms with E-state index in [4.69, 9.17) is 4.74 Å². The molecule has 0 bridgehead atoms. The van der Waals surface area contributed by atoms with Gasteiger partial charge in [-0.25, -0.2) is 0 Å². The minimum Gasteiger partial charge on any atom is -0.481 e. The minimum absolute atomic E-state index is 0.133. The van der Waals surface area contributed by atoms with Crippen LogP contribution in [0.15, 0.2) is 24.3 Å². The third kappa shape index (κ3) is 5.21. The predicted octanol–water partition coefficient (Wildman–Crippen LogP) is 2.67. The number of hydrogen-bond acceptors (Lipinski definition) is 3. The summed E-state index contributed by atoms with van der Waals surface area (Å²) in [5.74, 6) is 0.975. The first kappa shape index (κ1) is 16.5. The molecule has 20 heavy (non-hydrogen) atoms. The van der Waals surface area contributed by atoms with Gasteiger partial charge in [-0.05, 0) is 32.3 Å². The first-order chi connectivity index (χ1) is 9.41. The number of carbonyl (C=O) groups excluding carboxylic acids is 1. The Labute approximate surface area is 121 Å². The van der Waals surface area contributed by atoms with E-state index in [1.54, 1.807) is 26.0 Å². The van der Waals surface area contributed by atoms with Gasteiger partial charge in [-0.3, -0.25) is 4.79 Å². The molecule has 0 aliphatic carbocycles. The van der Waals surface area contributed by atoms with Gasteiger partial charge in [-0.15, -0.1) is 0 Å². The topological polar surface area (TPSA) is 58.6 Å². The zero-order valence-corrected chi connectivity index (χ0v) is 12.7. The number of ether oxygens (including phenoxy) is 1. The molecule has 0 aliphatic heterocycles. The van der Waals surface area contributed by atoms with Gasteiger partial charge in [0.05, 0.1) is 6.10 Å². The maximum atomic E-state index is 11.9. The molecule has 0 spiro atoms. The van der Waals surface area contributed by atoms with Crippen LogP contribution in [0.2, 0.25) is 0 Å². The predicted molar refractivity (Wildman–Crippen MR) is 79.6 cm³/mol. The monoisotopic (exact) mass is 279 g/mol. The zero-order chi connectivity index (χ0) is 15.1. The maximum absolute atomic E-state index is 11.9. The number of hydrogen-bond donors (Lipinski definition) is 2. The summed E-state index contributed by atoms with van der Waals surface area (Å²) >= 11 is 0. The molecule has 0 heterocycles. The first-order valence-electron chi connectivity index (χ1n) is 7.13. The lowest BCUT2D eigenvalue weighted by molar-refractivity contribution is -0.127. The van der Waals surface area contributed by atoms with Crippen molar-refractivity contribution < 1.29 is 14.6 Å². The van der Waals surface area contributed by atoms with Gasteiger partial charge in [-0.1, -0.05) is 32.0 Å². The second-order valence-electron chi connectivity index (χ2n) is 5.45. The van der Waals surface area contributed by atoms with Crippen LogP contribution in [-0.2, 0) is 4.79 Å². The molecule has 0 aliphatic rings. The Bertz CT molecular complexity index is 429. The van der Waals surface area contributed by atoms with Gasteiger partial charge in [0.15, 0.2) is 6.10 Å². The van der Waals surface area contributed by atoms with Gasteiger partial charge < -0.3 is 15.2 Å². The Morgan fingerprint density at radius 1 is 1.25 bits per heavy atom. The van der Waals surface area contributed by atoms with E-state index in [1.807, 2.05) is 12.1 Å². The fraction of sp³-hybridized carbons (Fsp3) is 0.562. The van der Waals surface area contributed by atoms with Crippen molar-refractivity contribution in [3.05, 3.63) is 29.8 Å². The number of para-hydroxylation sites is 1. The second-order valence-corrected chi connectivity index (χ2v) is 5.45. The van der Waals surface area contributed by atoms with Crippen LogP contribution >= 0.6 is 0 Å². The molecule has 112 valence electrons. The molecule has 2 atom stereocenters. The highest BCUT2D eigenvalue weighted by Crippen LogP contribution is 2.25. The largest absolute Gasteiger partial charge is 0.481 e. The third-order valence-electron chi connectivity index (χ3n) is 3.06. The van der Waals surface area contributed by atoms with Crippen molar-refractivity contribution in [3.8, 4) is 5.75 Å². The van der Waals surface area contributed by atoms with Gasteiger partial charge >= 0.3 is 0 Å². The lowest BCUT2D eigenvalue weighted by Gasteiger charge is -2.18. The number of aliphatic hydroxyl groups excluding tert-OH is 1. The van der Waals surface area contributed by atoms with Crippen molar-refractivity contribution in [2.75, 3.05) is 6.54 Å². The number of benzene rings is 1. The van der Waals surface area contributed by atoms with Crippen LogP contribution in [0.5, 0.6) is 5.75 Å². The van der Waals surface area contributed by atoms with Crippen LogP contribution in [0, 0.1) is 5.92 Å². The molecule has 0 saturated heterocycles. The van der Waals surface area contributed by atoms with Gasteiger partial charge in [0.2, 0.25) is 0 Å². The fourth-order valence-electron chi connectivity index (χ4n) is 1.80. The average molecular weight is 279 g/mol. The second kappa shape index (κ2) is 7.90. The van der Waals surface area contributed by atoms with E-state index < -0.39 is 12.2 Å². The molecule has 0 aromatic heterocycles. The zero-order valence-electron chi connectivity index (χ0n) is 12.7. The number of carbonyl (C=O) groups is 1. The molecule has 1 rings (SSSR count). The fourth-order valence-corrected chi connectivity index (χ4v) is 1.80. The normalized spacial score (nSPS) is 13.9. The van der Waals surface area contributed by atoms with Crippen molar-refractivity contribution in [2.45, 2.75) is 46.3 Å². The van der Waals surface area contributed by atoms with Gasteiger partial charge in [0, 0.05) is 12.1 Å². The Balaban J connectivity index is 2.57. The van der Waals surface area contributed by atoms with Crippen molar-refractivity contribution >= 4 is 5.91 Å². The number of amides is 1. The number of rotatable bonds is 7. The van der Waals surface area contributed by atoms with E-state index in [1.165, 1.54) is 0 Å². The van der Waals surface area contributed by atoms with Crippen LogP contribution in [-0.4, -0.2) is 23.7 Å². The number of aliphatic hydroxyl groups is 1. The van der Waals surface area contributed by atoms with Crippen molar-refractivity contribution in [1.82, 2.24) is 5.32 Å². The molecule has 4 nitrogen and oxygen atoms in total. The summed E-state index contributed by atoms with van der Waals surface area (Å²) in [5, 5.41) is 12.5. The van der Waals surface area contributed by atoms with E-state index in [0.717, 1.165) is 6.42 Å². The highest BCUT2D eigenvalue weighted by atomic mass is 16.5. The van der Waals surface area contributed by atoms with E-state index in [0.29, 0.717) is 23.8 Å². The van der Waals surface area contributed by atoms with Crippen LogP contribution in [0.3, 0.4) is 0 Å². The van der Waals surface area contributed by atoms with Crippen LogP contribution in [0.1, 0.15) is 45.8 Å². The molecular weight excluding hydrogens is 254 g/mol.